The van der Waals surface area contributed by atoms with Crippen LogP contribution in [0.25, 0.3) is 5.69 Å². The van der Waals surface area contributed by atoms with Crippen LogP contribution in [0.15, 0.2) is 24.3 Å². The Kier molecular flexibility index (Phi) is 2.91. The summed E-state index contributed by atoms with van der Waals surface area (Å²) in [5.41, 5.74) is 1.97. The Morgan fingerprint density at radius 3 is 2.53 bits per heavy atom. The number of aromatic carboxylic acids is 1. The number of hydrogen-bond acceptors (Lipinski definition) is 3. The SMILES string of the molecule is CCc1nc(C(=O)O)nn1-c1ccc(C)cc1. The van der Waals surface area contributed by atoms with Gasteiger partial charge in [0, 0.05) is 6.42 Å². The third-order valence-corrected chi connectivity index (χ3v) is 2.46. The molecule has 1 heterocycles. The van der Waals surface area contributed by atoms with Crippen molar-refractivity contribution in [1.29, 1.82) is 0 Å². The van der Waals surface area contributed by atoms with Crippen molar-refractivity contribution >= 4 is 5.97 Å². The maximum atomic E-state index is 10.8. The van der Waals surface area contributed by atoms with Gasteiger partial charge in [0.15, 0.2) is 0 Å². The van der Waals surface area contributed by atoms with Crippen LogP contribution in [0.1, 0.15) is 28.9 Å². The second-order valence-electron chi connectivity index (χ2n) is 3.76. The highest BCUT2D eigenvalue weighted by atomic mass is 16.4. The van der Waals surface area contributed by atoms with Crippen LogP contribution in [-0.4, -0.2) is 25.8 Å². The molecular formula is C12H13N3O2. The summed E-state index contributed by atoms with van der Waals surface area (Å²) in [6.07, 6.45) is 0.633. The number of aryl methyl sites for hydroxylation is 2. The number of carboxylic acids is 1. The largest absolute Gasteiger partial charge is 0.475 e. The molecule has 0 aliphatic rings. The normalized spacial score (nSPS) is 10.5. The molecule has 2 rings (SSSR count). The summed E-state index contributed by atoms with van der Waals surface area (Å²) in [6.45, 7) is 3.91. The van der Waals surface area contributed by atoms with Gasteiger partial charge in [-0.05, 0) is 19.1 Å². The number of benzene rings is 1. The van der Waals surface area contributed by atoms with Crippen molar-refractivity contribution in [2.24, 2.45) is 0 Å². The zero-order valence-electron chi connectivity index (χ0n) is 9.71. The topological polar surface area (TPSA) is 68.0 Å². The van der Waals surface area contributed by atoms with E-state index in [1.54, 1.807) is 4.68 Å². The average Bonchev–Trinajstić information content (AvgIpc) is 2.74. The lowest BCUT2D eigenvalue weighted by Gasteiger charge is -2.03. The fourth-order valence-electron chi connectivity index (χ4n) is 1.56. The van der Waals surface area contributed by atoms with Gasteiger partial charge >= 0.3 is 5.97 Å². The zero-order valence-corrected chi connectivity index (χ0v) is 9.71. The van der Waals surface area contributed by atoms with Crippen LogP contribution < -0.4 is 0 Å². The molecule has 1 aromatic carbocycles. The lowest BCUT2D eigenvalue weighted by molar-refractivity contribution is 0.0683. The van der Waals surface area contributed by atoms with Gasteiger partial charge in [-0.25, -0.2) is 14.5 Å². The summed E-state index contributed by atoms with van der Waals surface area (Å²) in [6, 6.07) is 7.71. The maximum absolute atomic E-state index is 10.8. The fourth-order valence-corrected chi connectivity index (χ4v) is 1.56. The van der Waals surface area contributed by atoms with Crippen LogP contribution in [0.5, 0.6) is 0 Å². The third-order valence-electron chi connectivity index (χ3n) is 2.46. The molecule has 0 aliphatic carbocycles. The Labute approximate surface area is 98.7 Å². The van der Waals surface area contributed by atoms with E-state index < -0.39 is 5.97 Å². The second-order valence-corrected chi connectivity index (χ2v) is 3.76. The van der Waals surface area contributed by atoms with Gasteiger partial charge in [-0.3, -0.25) is 0 Å². The molecule has 5 heteroatoms. The van der Waals surface area contributed by atoms with E-state index in [9.17, 15) is 4.79 Å². The molecule has 0 spiro atoms. The van der Waals surface area contributed by atoms with Gasteiger partial charge < -0.3 is 5.11 Å². The minimum absolute atomic E-state index is 0.164. The van der Waals surface area contributed by atoms with Crippen molar-refractivity contribution in [3.05, 3.63) is 41.5 Å². The second kappa shape index (κ2) is 4.37. The van der Waals surface area contributed by atoms with Gasteiger partial charge in [0.2, 0.25) is 0 Å². The molecule has 1 N–H and O–H groups in total. The summed E-state index contributed by atoms with van der Waals surface area (Å²) in [7, 11) is 0. The van der Waals surface area contributed by atoms with Crippen LogP contribution in [0, 0.1) is 6.92 Å². The minimum atomic E-state index is -1.11. The summed E-state index contributed by atoms with van der Waals surface area (Å²) >= 11 is 0. The van der Waals surface area contributed by atoms with Crippen LogP contribution in [0.3, 0.4) is 0 Å². The maximum Gasteiger partial charge on any atom is 0.375 e. The predicted molar refractivity (Wildman–Crippen MR) is 62.4 cm³/mol. The Balaban J connectivity index is 2.50. The van der Waals surface area contributed by atoms with Gasteiger partial charge in [-0.2, -0.15) is 0 Å². The quantitative estimate of drug-likeness (QED) is 0.875. The lowest BCUT2D eigenvalue weighted by atomic mass is 10.2. The first-order valence-corrected chi connectivity index (χ1v) is 5.38. The molecule has 0 fully saturated rings. The molecule has 5 nitrogen and oxygen atoms in total. The van der Waals surface area contributed by atoms with Gasteiger partial charge in [0.25, 0.3) is 5.82 Å². The first-order chi connectivity index (χ1) is 8.11. The first-order valence-electron chi connectivity index (χ1n) is 5.38. The highest BCUT2D eigenvalue weighted by Gasteiger charge is 2.14. The molecule has 2 aromatic rings. The van der Waals surface area contributed by atoms with Crippen molar-refractivity contribution in [3.8, 4) is 5.69 Å². The minimum Gasteiger partial charge on any atom is -0.475 e. The van der Waals surface area contributed by atoms with Gasteiger partial charge in [0.05, 0.1) is 5.69 Å². The number of carbonyl (C=O) groups is 1. The van der Waals surface area contributed by atoms with E-state index in [0.29, 0.717) is 12.2 Å². The summed E-state index contributed by atoms with van der Waals surface area (Å²) in [4.78, 5) is 14.8. The van der Waals surface area contributed by atoms with Gasteiger partial charge in [0.1, 0.15) is 5.82 Å². The lowest BCUT2D eigenvalue weighted by Crippen LogP contribution is -2.03. The standard InChI is InChI=1S/C12H13N3O2/c1-3-10-13-11(12(16)17)14-15(10)9-6-4-8(2)5-7-9/h4-7H,3H2,1-2H3,(H,16,17). The van der Waals surface area contributed by atoms with Gasteiger partial charge in [-0.15, -0.1) is 5.10 Å². The summed E-state index contributed by atoms with van der Waals surface area (Å²) in [5, 5.41) is 12.9. The number of nitrogens with zero attached hydrogens (tertiary/aromatic N) is 3. The Bertz CT molecular complexity index is 543. The Morgan fingerprint density at radius 2 is 2.00 bits per heavy atom. The molecule has 0 amide bonds. The van der Waals surface area contributed by atoms with Crippen LogP contribution >= 0.6 is 0 Å². The van der Waals surface area contributed by atoms with Crippen LogP contribution in [0.4, 0.5) is 0 Å². The first kappa shape index (κ1) is 11.3. The molecule has 0 atom stereocenters. The summed E-state index contributed by atoms with van der Waals surface area (Å²) < 4.78 is 1.57. The molecule has 1 aromatic heterocycles. The van der Waals surface area contributed by atoms with E-state index in [0.717, 1.165) is 11.3 Å². The van der Waals surface area contributed by atoms with Crippen molar-refractivity contribution in [3.63, 3.8) is 0 Å². The zero-order chi connectivity index (χ0) is 12.4. The summed E-state index contributed by atoms with van der Waals surface area (Å²) in [5.74, 6) is -0.626. The fraction of sp³-hybridized carbons (Fsp3) is 0.250. The van der Waals surface area contributed by atoms with E-state index in [-0.39, 0.29) is 5.82 Å². The molecule has 0 saturated carbocycles. The highest BCUT2D eigenvalue weighted by Crippen LogP contribution is 2.11. The van der Waals surface area contributed by atoms with Crippen LogP contribution in [-0.2, 0) is 6.42 Å². The predicted octanol–water partition coefficient (Wildman–Crippen LogP) is 1.84. The third kappa shape index (κ3) is 2.18. The number of hydrogen-bond donors (Lipinski definition) is 1. The smallest absolute Gasteiger partial charge is 0.375 e. The van der Waals surface area contributed by atoms with Crippen molar-refractivity contribution in [2.45, 2.75) is 20.3 Å². The van der Waals surface area contributed by atoms with E-state index in [4.69, 9.17) is 5.11 Å². The van der Waals surface area contributed by atoms with Gasteiger partial charge in [-0.1, -0.05) is 24.6 Å². The number of aromatic nitrogens is 3. The monoisotopic (exact) mass is 231 g/mol. The molecule has 0 aliphatic heterocycles. The van der Waals surface area contributed by atoms with Crippen LogP contribution in [0.2, 0.25) is 0 Å². The molecule has 0 unspecified atom stereocenters. The average molecular weight is 231 g/mol. The van der Waals surface area contributed by atoms with E-state index in [1.165, 1.54) is 0 Å². The molecule has 17 heavy (non-hydrogen) atoms. The Morgan fingerprint density at radius 1 is 1.35 bits per heavy atom. The Hall–Kier alpha value is -2.17. The van der Waals surface area contributed by atoms with E-state index >= 15 is 0 Å². The van der Waals surface area contributed by atoms with Crippen molar-refractivity contribution < 1.29 is 9.90 Å². The molecular weight excluding hydrogens is 218 g/mol. The van der Waals surface area contributed by atoms with E-state index in [1.807, 2.05) is 38.1 Å². The molecule has 0 bridgehead atoms. The van der Waals surface area contributed by atoms with Crippen molar-refractivity contribution in [2.75, 3.05) is 0 Å². The van der Waals surface area contributed by atoms with E-state index in [2.05, 4.69) is 10.1 Å². The number of rotatable bonds is 3. The molecule has 0 saturated heterocycles. The van der Waals surface area contributed by atoms with Crippen molar-refractivity contribution in [1.82, 2.24) is 14.8 Å². The molecule has 0 radical (unpaired) electrons. The number of carboxylic acid groups (broad SMARTS) is 1. The highest BCUT2D eigenvalue weighted by molar-refractivity contribution is 5.83. The molecule has 88 valence electrons.